The van der Waals surface area contributed by atoms with Gasteiger partial charge in [-0.1, -0.05) is 30.3 Å². The largest absolute Gasteiger partial charge is 0.493 e. The van der Waals surface area contributed by atoms with Gasteiger partial charge in [0.25, 0.3) is 0 Å². The number of hydrogen-bond donors (Lipinski definition) is 1. The van der Waals surface area contributed by atoms with Gasteiger partial charge in [-0.3, -0.25) is 0 Å². The van der Waals surface area contributed by atoms with Gasteiger partial charge < -0.3 is 10.5 Å². The third-order valence-electron chi connectivity index (χ3n) is 4.14. The number of halogens is 1. The topological polar surface area (TPSA) is 35.2 Å². The van der Waals surface area contributed by atoms with Gasteiger partial charge in [0.15, 0.2) is 0 Å². The van der Waals surface area contributed by atoms with Gasteiger partial charge in [-0.05, 0) is 68.0 Å². The van der Waals surface area contributed by atoms with Gasteiger partial charge >= 0.3 is 0 Å². The molecule has 1 atom stereocenters. The number of aryl methyl sites for hydroxylation is 1. The zero-order valence-electron chi connectivity index (χ0n) is 13.3. The molecule has 0 saturated heterocycles. The Hall–Kier alpha value is -1.87. The lowest BCUT2D eigenvalue weighted by atomic mass is 9.94. The Balaban J connectivity index is 1.87. The van der Waals surface area contributed by atoms with Crippen LogP contribution in [0.25, 0.3) is 0 Å². The average Bonchev–Trinajstić information content (AvgIpc) is 2.52. The quantitative estimate of drug-likeness (QED) is 0.772. The Bertz CT molecular complexity index is 612. The number of nitrogens with two attached hydrogens (primary N) is 1. The Morgan fingerprint density at radius 3 is 2.59 bits per heavy atom. The summed E-state index contributed by atoms with van der Waals surface area (Å²) in [6, 6.07) is 12.9. The van der Waals surface area contributed by atoms with Crippen LogP contribution in [0.3, 0.4) is 0 Å². The lowest BCUT2D eigenvalue weighted by Gasteiger charge is -2.16. The maximum atomic E-state index is 13.8. The summed E-state index contributed by atoms with van der Waals surface area (Å²) in [5.74, 6) is 0.798. The molecule has 0 radical (unpaired) electrons. The van der Waals surface area contributed by atoms with Crippen LogP contribution >= 0.6 is 0 Å². The second-order valence-corrected chi connectivity index (χ2v) is 5.64. The summed E-state index contributed by atoms with van der Waals surface area (Å²) in [7, 11) is 0. The first kappa shape index (κ1) is 16.5. The smallest absolute Gasteiger partial charge is 0.126 e. The first-order valence-electron chi connectivity index (χ1n) is 7.77. The first-order chi connectivity index (χ1) is 10.6. The van der Waals surface area contributed by atoms with Crippen molar-refractivity contribution in [2.45, 2.75) is 32.6 Å². The van der Waals surface area contributed by atoms with Gasteiger partial charge in [-0.25, -0.2) is 4.39 Å². The van der Waals surface area contributed by atoms with Crippen molar-refractivity contribution < 1.29 is 9.13 Å². The lowest BCUT2D eigenvalue weighted by Crippen LogP contribution is -2.15. The van der Waals surface area contributed by atoms with E-state index in [1.165, 1.54) is 17.2 Å². The highest BCUT2D eigenvalue weighted by Gasteiger charge is 2.13. The number of hydrogen-bond acceptors (Lipinski definition) is 2. The van der Waals surface area contributed by atoms with E-state index in [0.717, 1.165) is 18.6 Å². The molecule has 2 aromatic carbocycles. The summed E-state index contributed by atoms with van der Waals surface area (Å²) in [6.07, 6.45) is 1.67. The molecular weight excluding hydrogens is 277 g/mol. The van der Waals surface area contributed by atoms with Crippen molar-refractivity contribution in [3.63, 3.8) is 0 Å². The summed E-state index contributed by atoms with van der Waals surface area (Å²) in [5, 5.41) is 0. The van der Waals surface area contributed by atoms with Crippen molar-refractivity contribution in [1.82, 2.24) is 0 Å². The fraction of sp³-hybridized carbons (Fsp3) is 0.368. The predicted molar refractivity (Wildman–Crippen MR) is 88.8 cm³/mol. The molecule has 2 aromatic rings. The van der Waals surface area contributed by atoms with Crippen LogP contribution in [-0.2, 0) is 0 Å². The van der Waals surface area contributed by atoms with Crippen LogP contribution in [0.4, 0.5) is 4.39 Å². The van der Waals surface area contributed by atoms with Gasteiger partial charge in [0, 0.05) is 0 Å². The van der Waals surface area contributed by atoms with Crippen LogP contribution < -0.4 is 10.5 Å². The van der Waals surface area contributed by atoms with Crippen molar-refractivity contribution in [2.75, 3.05) is 13.2 Å². The highest BCUT2D eigenvalue weighted by Crippen LogP contribution is 2.24. The zero-order chi connectivity index (χ0) is 15.9. The van der Waals surface area contributed by atoms with Crippen LogP contribution in [0.15, 0.2) is 42.5 Å². The molecule has 0 spiro atoms. The van der Waals surface area contributed by atoms with Crippen LogP contribution in [0.1, 0.15) is 35.4 Å². The van der Waals surface area contributed by atoms with E-state index in [-0.39, 0.29) is 11.7 Å². The lowest BCUT2D eigenvalue weighted by molar-refractivity contribution is 0.299. The van der Waals surface area contributed by atoms with Crippen molar-refractivity contribution in [3.05, 3.63) is 65.0 Å². The van der Waals surface area contributed by atoms with Gasteiger partial charge in [0.1, 0.15) is 11.6 Å². The highest BCUT2D eigenvalue weighted by atomic mass is 19.1. The minimum atomic E-state index is -0.173. The van der Waals surface area contributed by atoms with E-state index in [1.807, 2.05) is 24.3 Å². The molecule has 3 heteroatoms. The molecule has 0 saturated carbocycles. The van der Waals surface area contributed by atoms with E-state index < -0.39 is 0 Å². The standard InChI is InChI=1S/C19H24FNO/c1-14-7-5-11-19(15(14)2)22-12-6-8-16(13-21)17-9-3-4-10-18(17)20/h3-5,7,9-11,16H,6,8,12-13,21H2,1-2H3. The molecule has 2 rings (SSSR count). The predicted octanol–water partition coefficient (Wildman–Crippen LogP) is 4.34. The van der Waals surface area contributed by atoms with Crippen LogP contribution in [-0.4, -0.2) is 13.2 Å². The molecule has 22 heavy (non-hydrogen) atoms. The molecule has 0 aliphatic rings. The van der Waals surface area contributed by atoms with E-state index in [9.17, 15) is 4.39 Å². The maximum Gasteiger partial charge on any atom is 0.126 e. The fourth-order valence-corrected chi connectivity index (χ4v) is 2.60. The normalized spacial score (nSPS) is 12.2. The van der Waals surface area contributed by atoms with Gasteiger partial charge in [0.2, 0.25) is 0 Å². The summed E-state index contributed by atoms with van der Waals surface area (Å²) < 4.78 is 19.7. The molecule has 0 aliphatic carbocycles. The van der Waals surface area contributed by atoms with Gasteiger partial charge in [-0.2, -0.15) is 0 Å². The van der Waals surface area contributed by atoms with Crippen LogP contribution in [0, 0.1) is 19.7 Å². The Morgan fingerprint density at radius 1 is 1.09 bits per heavy atom. The third kappa shape index (κ3) is 4.08. The van der Waals surface area contributed by atoms with E-state index in [4.69, 9.17) is 10.5 Å². The van der Waals surface area contributed by atoms with E-state index in [1.54, 1.807) is 6.07 Å². The summed E-state index contributed by atoms with van der Waals surface area (Å²) in [4.78, 5) is 0. The minimum Gasteiger partial charge on any atom is -0.493 e. The van der Waals surface area contributed by atoms with Crippen molar-refractivity contribution in [3.8, 4) is 5.75 Å². The summed E-state index contributed by atoms with van der Waals surface area (Å²) in [5.41, 5.74) is 8.91. The molecule has 0 heterocycles. The molecule has 2 nitrogen and oxygen atoms in total. The molecule has 0 fully saturated rings. The molecular formula is C19H24FNO. The minimum absolute atomic E-state index is 0.0448. The van der Waals surface area contributed by atoms with Crippen LogP contribution in [0.2, 0.25) is 0 Å². The molecule has 0 amide bonds. The van der Waals surface area contributed by atoms with E-state index in [2.05, 4.69) is 19.9 Å². The second kappa shape index (κ2) is 7.95. The molecule has 1 unspecified atom stereocenters. The SMILES string of the molecule is Cc1cccc(OCCCC(CN)c2ccccc2F)c1C. The molecule has 0 aliphatic heterocycles. The molecule has 0 aromatic heterocycles. The average molecular weight is 301 g/mol. The van der Waals surface area contributed by atoms with Crippen molar-refractivity contribution in [2.24, 2.45) is 5.73 Å². The Morgan fingerprint density at radius 2 is 1.86 bits per heavy atom. The Kier molecular flexibility index (Phi) is 5.96. The van der Waals surface area contributed by atoms with Crippen molar-refractivity contribution >= 4 is 0 Å². The fourth-order valence-electron chi connectivity index (χ4n) is 2.60. The maximum absolute atomic E-state index is 13.8. The van der Waals surface area contributed by atoms with E-state index >= 15 is 0 Å². The highest BCUT2D eigenvalue weighted by molar-refractivity contribution is 5.38. The van der Waals surface area contributed by atoms with Gasteiger partial charge in [-0.15, -0.1) is 0 Å². The number of ether oxygens (including phenoxy) is 1. The van der Waals surface area contributed by atoms with Crippen molar-refractivity contribution in [1.29, 1.82) is 0 Å². The Labute approximate surface area is 132 Å². The number of rotatable bonds is 7. The van der Waals surface area contributed by atoms with E-state index in [0.29, 0.717) is 18.7 Å². The summed E-state index contributed by atoms with van der Waals surface area (Å²) >= 11 is 0. The second-order valence-electron chi connectivity index (χ2n) is 5.64. The monoisotopic (exact) mass is 301 g/mol. The zero-order valence-corrected chi connectivity index (χ0v) is 13.3. The first-order valence-corrected chi connectivity index (χ1v) is 7.77. The molecule has 2 N–H and O–H groups in total. The summed E-state index contributed by atoms with van der Waals surface area (Å²) in [6.45, 7) is 5.21. The van der Waals surface area contributed by atoms with Crippen LogP contribution in [0.5, 0.6) is 5.75 Å². The molecule has 118 valence electrons. The number of benzene rings is 2. The van der Waals surface area contributed by atoms with Gasteiger partial charge in [0.05, 0.1) is 6.61 Å². The molecule has 0 bridgehead atoms. The third-order valence-corrected chi connectivity index (χ3v) is 4.14.